The number of carbonyl (C=O) groups excluding carboxylic acids is 1. The van der Waals surface area contributed by atoms with E-state index in [9.17, 15) is 4.79 Å². The van der Waals surface area contributed by atoms with Crippen LogP contribution in [0.15, 0.2) is 30.3 Å². The van der Waals surface area contributed by atoms with E-state index >= 15 is 0 Å². The van der Waals surface area contributed by atoms with Gasteiger partial charge in [-0.3, -0.25) is 4.79 Å². The summed E-state index contributed by atoms with van der Waals surface area (Å²) in [5.41, 5.74) is 1.25. The third kappa shape index (κ3) is 4.00. The first kappa shape index (κ1) is 18.7. The molecule has 0 aliphatic carbocycles. The van der Waals surface area contributed by atoms with E-state index in [1.807, 2.05) is 0 Å². The van der Waals surface area contributed by atoms with Gasteiger partial charge < -0.3 is 19.1 Å². The Morgan fingerprint density at radius 3 is 2.73 bits per heavy atom. The molecule has 0 fully saturated rings. The Kier molecular flexibility index (Phi) is 5.79. The van der Waals surface area contributed by atoms with Crippen molar-refractivity contribution < 1.29 is 19.0 Å². The molecule has 1 aliphatic rings. The van der Waals surface area contributed by atoms with Crippen LogP contribution < -0.4 is 14.2 Å². The molecule has 0 saturated heterocycles. The highest BCUT2D eigenvalue weighted by Crippen LogP contribution is 2.38. The van der Waals surface area contributed by atoms with Gasteiger partial charge in [0.15, 0.2) is 11.5 Å². The second-order valence-corrected chi connectivity index (χ2v) is 6.80. The van der Waals surface area contributed by atoms with Crippen LogP contribution in [0, 0.1) is 0 Å². The first-order valence-electron chi connectivity index (χ1n) is 8.16. The van der Waals surface area contributed by atoms with Crippen molar-refractivity contribution in [2.24, 2.45) is 0 Å². The summed E-state index contributed by atoms with van der Waals surface area (Å²) in [5, 5.41) is 0.946. The number of methoxy groups -OCH3 is 1. The molecule has 2 aromatic rings. The van der Waals surface area contributed by atoms with Gasteiger partial charge in [0.1, 0.15) is 5.75 Å². The summed E-state index contributed by atoms with van der Waals surface area (Å²) >= 11 is 12.3. The maximum Gasteiger partial charge on any atom is 0.254 e. The molecule has 0 N–H and O–H groups in total. The standard InChI is InChI=1S/C19H19Cl2NO4/c1-22(11-13-8-14(20)4-5-16(13)24-2)19(23)12-9-15(21)18-17(10-12)25-6-3-7-26-18/h4-5,8-10H,3,6-7,11H2,1-2H3. The van der Waals surface area contributed by atoms with Crippen molar-refractivity contribution in [2.45, 2.75) is 13.0 Å². The smallest absolute Gasteiger partial charge is 0.254 e. The molecule has 1 heterocycles. The second kappa shape index (κ2) is 8.06. The Morgan fingerprint density at radius 2 is 1.96 bits per heavy atom. The quantitative estimate of drug-likeness (QED) is 0.767. The van der Waals surface area contributed by atoms with Gasteiger partial charge in [-0.05, 0) is 30.3 Å². The average Bonchev–Trinajstić information content (AvgIpc) is 2.87. The summed E-state index contributed by atoms with van der Waals surface area (Å²) < 4.78 is 16.6. The fraction of sp³-hybridized carbons (Fsp3) is 0.316. The Bertz CT molecular complexity index is 825. The van der Waals surface area contributed by atoms with Crippen molar-refractivity contribution in [3.63, 3.8) is 0 Å². The molecular formula is C19H19Cl2NO4. The molecule has 0 unspecified atom stereocenters. The Labute approximate surface area is 162 Å². The van der Waals surface area contributed by atoms with Crippen LogP contribution in [-0.2, 0) is 6.54 Å². The predicted molar refractivity (Wildman–Crippen MR) is 101 cm³/mol. The van der Waals surface area contributed by atoms with Gasteiger partial charge in [-0.2, -0.15) is 0 Å². The maximum absolute atomic E-state index is 12.9. The fourth-order valence-electron chi connectivity index (χ4n) is 2.77. The minimum absolute atomic E-state index is 0.190. The van der Waals surface area contributed by atoms with Crippen LogP contribution >= 0.6 is 23.2 Å². The molecule has 2 aromatic carbocycles. The monoisotopic (exact) mass is 395 g/mol. The number of amides is 1. The molecule has 0 bridgehead atoms. The van der Waals surface area contributed by atoms with Crippen molar-refractivity contribution in [3.8, 4) is 17.2 Å². The molecule has 3 rings (SSSR count). The number of ether oxygens (including phenoxy) is 3. The number of benzene rings is 2. The van der Waals surface area contributed by atoms with Crippen LogP contribution in [0.5, 0.6) is 17.2 Å². The molecule has 138 valence electrons. The van der Waals surface area contributed by atoms with Gasteiger partial charge in [-0.1, -0.05) is 23.2 Å². The predicted octanol–water partition coefficient (Wildman–Crippen LogP) is 4.44. The lowest BCUT2D eigenvalue weighted by Crippen LogP contribution is -2.26. The number of fused-ring (bicyclic) bond motifs is 1. The lowest BCUT2D eigenvalue weighted by atomic mass is 10.1. The zero-order valence-corrected chi connectivity index (χ0v) is 16.1. The molecule has 1 amide bonds. The molecule has 0 spiro atoms. The number of carbonyl (C=O) groups is 1. The number of nitrogens with zero attached hydrogens (tertiary/aromatic N) is 1. The van der Waals surface area contributed by atoms with Crippen LogP contribution in [-0.4, -0.2) is 38.2 Å². The van der Waals surface area contributed by atoms with E-state index in [2.05, 4.69) is 0 Å². The zero-order valence-electron chi connectivity index (χ0n) is 14.6. The van der Waals surface area contributed by atoms with Crippen LogP contribution in [0.4, 0.5) is 0 Å². The van der Waals surface area contributed by atoms with Crippen LogP contribution in [0.3, 0.4) is 0 Å². The SMILES string of the molecule is COc1ccc(Cl)cc1CN(C)C(=O)c1cc(Cl)c2c(c1)OCCCO2. The molecular weight excluding hydrogens is 377 g/mol. The van der Waals surface area contributed by atoms with E-state index in [1.165, 1.54) is 0 Å². The lowest BCUT2D eigenvalue weighted by molar-refractivity contribution is 0.0783. The molecule has 0 atom stereocenters. The molecule has 5 nitrogen and oxygen atoms in total. The van der Waals surface area contributed by atoms with E-state index in [0.717, 1.165) is 12.0 Å². The highest BCUT2D eigenvalue weighted by molar-refractivity contribution is 6.32. The van der Waals surface area contributed by atoms with Gasteiger partial charge in [0.25, 0.3) is 5.91 Å². The van der Waals surface area contributed by atoms with Gasteiger partial charge in [0.05, 0.1) is 25.3 Å². The third-order valence-corrected chi connectivity index (χ3v) is 4.56. The minimum atomic E-state index is -0.190. The van der Waals surface area contributed by atoms with E-state index in [1.54, 1.807) is 49.4 Å². The highest BCUT2D eigenvalue weighted by atomic mass is 35.5. The summed E-state index contributed by atoms with van der Waals surface area (Å²) in [6, 6.07) is 8.57. The van der Waals surface area contributed by atoms with Gasteiger partial charge in [0.2, 0.25) is 0 Å². The first-order chi connectivity index (χ1) is 12.5. The number of halogens is 2. The Balaban J connectivity index is 1.84. The second-order valence-electron chi connectivity index (χ2n) is 5.95. The molecule has 0 saturated carbocycles. The summed E-state index contributed by atoms with van der Waals surface area (Å²) in [7, 11) is 3.29. The molecule has 1 aliphatic heterocycles. The number of rotatable bonds is 4. The summed E-state index contributed by atoms with van der Waals surface area (Å²) in [6.45, 7) is 1.40. The van der Waals surface area contributed by atoms with E-state index in [0.29, 0.717) is 52.6 Å². The third-order valence-electron chi connectivity index (χ3n) is 4.05. The maximum atomic E-state index is 12.9. The fourth-order valence-corrected chi connectivity index (χ4v) is 3.23. The number of hydrogen-bond acceptors (Lipinski definition) is 4. The summed E-state index contributed by atoms with van der Waals surface area (Å²) in [5.74, 6) is 1.46. The normalized spacial score (nSPS) is 13.1. The molecule has 7 heteroatoms. The van der Waals surface area contributed by atoms with Crippen LogP contribution in [0.25, 0.3) is 0 Å². The van der Waals surface area contributed by atoms with Gasteiger partial charge >= 0.3 is 0 Å². The van der Waals surface area contributed by atoms with E-state index < -0.39 is 0 Å². The van der Waals surface area contributed by atoms with E-state index in [4.69, 9.17) is 37.4 Å². The molecule has 0 radical (unpaired) electrons. The Morgan fingerprint density at radius 1 is 1.19 bits per heavy atom. The first-order valence-corrected chi connectivity index (χ1v) is 8.92. The lowest BCUT2D eigenvalue weighted by Gasteiger charge is -2.20. The number of hydrogen-bond donors (Lipinski definition) is 0. The zero-order chi connectivity index (χ0) is 18.7. The van der Waals surface area contributed by atoms with Crippen molar-refractivity contribution in [1.29, 1.82) is 0 Å². The summed E-state index contributed by atoms with van der Waals surface area (Å²) in [4.78, 5) is 14.4. The van der Waals surface area contributed by atoms with Gasteiger partial charge in [-0.15, -0.1) is 0 Å². The largest absolute Gasteiger partial charge is 0.496 e. The Hall–Kier alpha value is -2.11. The van der Waals surface area contributed by atoms with Crippen molar-refractivity contribution >= 4 is 29.1 Å². The molecule has 26 heavy (non-hydrogen) atoms. The summed E-state index contributed by atoms with van der Waals surface area (Å²) in [6.07, 6.45) is 0.767. The van der Waals surface area contributed by atoms with Gasteiger partial charge in [-0.25, -0.2) is 0 Å². The minimum Gasteiger partial charge on any atom is -0.496 e. The van der Waals surface area contributed by atoms with Crippen molar-refractivity contribution in [3.05, 3.63) is 51.5 Å². The van der Waals surface area contributed by atoms with Crippen LogP contribution in [0.2, 0.25) is 10.0 Å². The highest BCUT2D eigenvalue weighted by Gasteiger charge is 2.21. The van der Waals surface area contributed by atoms with Gasteiger partial charge in [0, 0.05) is 36.2 Å². The molecule has 0 aromatic heterocycles. The van der Waals surface area contributed by atoms with Crippen molar-refractivity contribution in [2.75, 3.05) is 27.4 Å². The van der Waals surface area contributed by atoms with E-state index in [-0.39, 0.29) is 5.91 Å². The average molecular weight is 396 g/mol. The topological polar surface area (TPSA) is 48.0 Å². The van der Waals surface area contributed by atoms with Crippen molar-refractivity contribution in [1.82, 2.24) is 4.90 Å². The van der Waals surface area contributed by atoms with Crippen LogP contribution in [0.1, 0.15) is 22.3 Å².